The summed E-state index contributed by atoms with van der Waals surface area (Å²) >= 11 is 3.73. The highest BCUT2D eigenvalue weighted by atomic mass is 79.9. The van der Waals surface area contributed by atoms with Crippen LogP contribution >= 0.6 is 15.9 Å². The van der Waals surface area contributed by atoms with Crippen molar-refractivity contribution in [1.29, 1.82) is 0 Å². The van der Waals surface area contributed by atoms with Gasteiger partial charge in [-0.05, 0) is 69.2 Å². The predicted molar refractivity (Wildman–Crippen MR) is 165 cm³/mol. The minimum Gasteiger partial charge on any atom is -0.494 e. The van der Waals surface area contributed by atoms with Crippen molar-refractivity contribution < 1.29 is 29.0 Å². The number of carbonyl (C=O) groups excluding carboxylic acids is 3. The maximum atomic E-state index is 14.4. The Morgan fingerprint density at radius 3 is 2.36 bits per heavy atom. The Kier molecular flexibility index (Phi) is 9.41. The lowest BCUT2D eigenvalue weighted by Gasteiger charge is -2.41. The number of hydrogen-bond donors (Lipinski definition) is 3. The number of benzene rings is 1. The average Bonchev–Trinajstić information content (AvgIpc) is 3.47. The summed E-state index contributed by atoms with van der Waals surface area (Å²) in [6.07, 6.45) is 1.27. The number of aliphatic hydroxyl groups is 1. The highest BCUT2D eigenvalue weighted by molar-refractivity contribution is 9.09. The smallest absolute Gasteiger partial charge is 0.246 e. The maximum Gasteiger partial charge on any atom is 0.246 e. The number of fused-ring (bicyclic) bond motifs is 1. The third kappa shape index (κ3) is 6.09. The SMILES string of the molecule is CCOc1ccc(NC(=O)[C@H]2[C@@H]3OC4(CC3Br)C(C(=O)NC(C)(C)CC(C)(C)C)N([C@@H](CO)[C@@H](C)CC)C(=O)[C@H]24)cc1. The van der Waals surface area contributed by atoms with E-state index in [9.17, 15) is 19.5 Å². The monoisotopic (exact) mass is 649 g/mol. The van der Waals surface area contributed by atoms with Crippen LogP contribution in [0.25, 0.3) is 0 Å². The number of nitrogens with zero attached hydrogens (tertiary/aromatic N) is 1. The number of alkyl halides is 1. The van der Waals surface area contributed by atoms with Crippen molar-refractivity contribution in [3.05, 3.63) is 24.3 Å². The topological polar surface area (TPSA) is 117 Å². The van der Waals surface area contributed by atoms with Crippen LogP contribution in [0, 0.1) is 23.2 Å². The molecular weight excluding hydrogens is 602 g/mol. The van der Waals surface area contributed by atoms with E-state index in [-0.39, 0.29) is 40.5 Å². The van der Waals surface area contributed by atoms with Gasteiger partial charge in [0.15, 0.2) is 0 Å². The van der Waals surface area contributed by atoms with Gasteiger partial charge in [0.1, 0.15) is 17.4 Å². The van der Waals surface area contributed by atoms with Gasteiger partial charge in [-0.3, -0.25) is 14.4 Å². The Bertz CT molecular complexity index is 1170. The summed E-state index contributed by atoms with van der Waals surface area (Å²) in [5, 5.41) is 16.7. The Labute approximate surface area is 258 Å². The fourth-order valence-corrected chi connectivity index (χ4v) is 8.58. The maximum absolute atomic E-state index is 14.4. The third-order valence-electron chi connectivity index (χ3n) is 8.99. The number of hydrogen-bond acceptors (Lipinski definition) is 6. The molecule has 2 bridgehead atoms. The van der Waals surface area contributed by atoms with Crippen molar-refractivity contribution in [3.63, 3.8) is 0 Å². The minimum absolute atomic E-state index is 0.0412. The molecule has 0 radical (unpaired) electrons. The molecule has 10 heteroatoms. The van der Waals surface area contributed by atoms with Gasteiger partial charge >= 0.3 is 0 Å². The van der Waals surface area contributed by atoms with E-state index in [0.29, 0.717) is 30.9 Å². The Morgan fingerprint density at radius 1 is 1.17 bits per heavy atom. The number of rotatable bonds is 11. The van der Waals surface area contributed by atoms with Crippen molar-refractivity contribution in [2.45, 2.75) is 109 Å². The molecule has 1 aromatic rings. The lowest BCUT2D eigenvalue weighted by Crippen LogP contribution is -2.62. The van der Waals surface area contributed by atoms with E-state index in [0.717, 1.165) is 6.42 Å². The lowest BCUT2D eigenvalue weighted by molar-refractivity contribution is -0.147. The van der Waals surface area contributed by atoms with E-state index >= 15 is 0 Å². The lowest BCUT2D eigenvalue weighted by atomic mass is 9.70. The van der Waals surface area contributed by atoms with Crippen molar-refractivity contribution in [1.82, 2.24) is 10.2 Å². The number of halogens is 1. The van der Waals surface area contributed by atoms with Gasteiger partial charge in [-0.25, -0.2) is 0 Å². The molecule has 3 amide bonds. The van der Waals surface area contributed by atoms with Crippen molar-refractivity contribution in [2.24, 2.45) is 23.2 Å². The van der Waals surface area contributed by atoms with Crippen LogP contribution in [-0.4, -0.2) is 75.1 Å². The normalized spacial score (nSPS) is 30.2. The Morgan fingerprint density at radius 2 is 1.81 bits per heavy atom. The summed E-state index contributed by atoms with van der Waals surface area (Å²) in [6, 6.07) is 5.53. The number of likely N-dealkylation sites (tertiary alicyclic amines) is 1. The molecule has 3 aliphatic heterocycles. The van der Waals surface area contributed by atoms with Gasteiger partial charge in [0.05, 0.1) is 37.2 Å². The van der Waals surface area contributed by atoms with Gasteiger partial charge in [-0.2, -0.15) is 0 Å². The van der Waals surface area contributed by atoms with Gasteiger partial charge in [0, 0.05) is 16.1 Å². The summed E-state index contributed by atoms with van der Waals surface area (Å²) in [4.78, 5) is 44.0. The number of ether oxygens (including phenoxy) is 2. The first-order chi connectivity index (χ1) is 19.6. The van der Waals surface area contributed by atoms with Crippen LogP contribution < -0.4 is 15.4 Å². The minimum atomic E-state index is -1.19. The van der Waals surface area contributed by atoms with E-state index in [1.807, 2.05) is 34.6 Å². The molecule has 234 valence electrons. The molecule has 0 saturated carbocycles. The summed E-state index contributed by atoms with van der Waals surface area (Å²) in [6.45, 7) is 16.5. The zero-order valence-electron chi connectivity index (χ0n) is 26.2. The van der Waals surface area contributed by atoms with Crippen molar-refractivity contribution >= 4 is 39.3 Å². The molecule has 8 atom stereocenters. The molecule has 9 nitrogen and oxygen atoms in total. The summed E-state index contributed by atoms with van der Waals surface area (Å²) in [7, 11) is 0. The van der Waals surface area contributed by atoms with Crippen LogP contribution in [0.1, 0.15) is 74.7 Å². The van der Waals surface area contributed by atoms with E-state index in [4.69, 9.17) is 9.47 Å². The number of aliphatic hydroxyl groups excluding tert-OH is 1. The molecule has 3 heterocycles. The van der Waals surface area contributed by atoms with Crippen molar-refractivity contribution in [3.8, 4) is 5.75 Å². The van der Waals surface area contributed by atoms with Gasteiger partial charge < -0.3 is 30.1 Å². The van der Waals surface area contributed by atoms with Crippen molar-refractivity contribution in [2.75, 3.05) is 18.5 Å². The van der Waals surface area contributed by atoms with Gasteiger partial charge in [0.25, 0.3) is 0 Å². The van der Waals surface area contributed by atoms with Gasteiger partial charge in [-0.15, -0.1) is 0 Å². The molecule has 4 rings (SSSR count). The zero-order chi connectivity index (χ0) is 31.2. The quantitative estimate of drug-likeness (QED) is 0.304. The highest BCUT2D eigenvalue weighted by Crippen LogP contribution is 2.60. The van der Waals surface area contributed by atoms with Crippen LogP contribution in [0.15, 0.2) is 24.3 Å². The molecule has 42 heavy (non-hydrogen) atoms. The first-order valence-corrected chi connectivity index (χ1v) is 16.1. The van der Waals surface area contributed by atoms with E-state index in [2.05, 4.69) is 47.3 Å². The molecule has 3 aliphatic rings. The van der Waals surface area contributed by atoms with Crippen LogP contribution in [0.3, 0.4) is 0 Å². The van der Waals surface area contributed by atoms with E-state index in [1.54, 1.807) is 29.2 Å². The molecule has 0 aromatic heterocycles. The Balaban J connectivity index is 1.71. The Hall–Kier alpha value is -2.17. The zero-order valence-corrected chi connectivity index (χ0v) is 27.8. The van der Waals surface area contributed by atoms with E-state index in [1.165, 1.54) is 0 Å². The molecule has 0 aliphatic carbocycles. The second-order valence-corrected chi connectivity index (χ2v) is 15.3. The molecule has 3 N–H and O–H groups in total. The third-order valence-corrected chi connectivity index (χ3v) is 9.83. The summed E-state index contributed by atoms with van der Waals surface area (Å²) in [5.41, 5.74) is -1.21. The molecule has 3 unspecified atom stereocenters. The fourth-order valence-electron chi connectivity index (χ4n) is 7.64. The van der Waals surface area contributed by atoms with Gasteiger partial charge in [-0.1, -0.05) is 57.0 Å². The second kappa shape index (κ2) is 12.1. The van der Waals surface area contributed by atoms with Crippen LogP contribution in [0.4, 0.5) is 5.69 Å². The molecule has 3 fully saturated rings. The summed E-state index contributed by atoms with van der Waals surface area (Å²) in [5.74, 6) is -1.97. The molecule has 1 aromatic carbocycles. The van der Waals surface area contributed by atoms with Crippen LogP contribution in [-0.2, 0) is 19.1 Å². The second-order valence-electron chi connectivity index (χ2n) is 14.1. The summed E-state index contributed by atoms with van der Waals surface area (Å²) < 4.78 is 12.2. The number of carbonyl (C=O) groups is 3. The first-order valence-electron chi connectivity index (χ1n) is 15.2. The largest absolute Gasteiger partial charge is 0.494 e. The molecular formula is C32H48BrN3O6. The average molecular weight is 651 g/mol. The van der Waals surface area contributed by atoms with Crippen LogP contribution in [0.2, 0.25) is 0 Å². The fraction of sp³-hybridized carbons (Fsp3) is 0.719. The highest BCUT2D eigenvalue weighted by Gasteiger charge is 2.77. The number of nitrogens with one attached hydrogen (secondary N) is 2. The van der Waals surface area contributed by atoms with Gasteiger partial charge in [0.2, 0.25) is 17.7 Å². The van der Waals surface area contributed by atoms with Crippen LogP contribution in [0.5, 0.6) is 5.75 Å². The number of amides is 3. The molecule has 3 saturated heterocycles. The number of anilines is 1. The predicted octanol–water partition coefficient (Wildman–Crippen LogP) is 4.51. The standard InChI is InChI=1S/C32H48BrN3O6/c1-9-18(3)22(16-37)36-26(28(39)35-31(7,8)17-30(4,5)6)32-15-21(33)25(42-32)23(24(32)29(36)40)27(38)34-19-11-13-20(14-12-19)41-10-2/h11-14,18,21-26,37H,9-10,15-17H2,1-8H3,(H,34,38)(H,35,39)/t18-,21?,22-,23+,24-,25+,26?,32?/m0/s1. The first kappa shape index (κ1) is 32.7. The molecule has 1 spiro atoms. The van der Waals surface area contributed by atoms with E-state index < -0.39 is 41.2 Å².